The van der Waals surface area contributed by atoms with Crippen molar-refractivity contribution in [3.63, 3.8) is 0 Å². The number of hydrogen-bond donors (Lipinski definition) is 2. The van der Waals surface area contributed by atoms with Crippen LogP contribution < -0.4 is 20.2 Å². The third kappa shape index (κ3) is 6.28. The molecule has 0 radical (unpaired) electrons. The number of methoxy groups -OCH3 is 2. The maximum absolute atomic E-state index is 5.46. The van der Waals surface area contributed by atoms with Crippen molar-refractivity contribution in [1.29, 1.82) is 0 Å². The van der Waals surface area contributed by atoms with Crippen LogP contribution in [0.25, 0.3) is 0 Å². The van der Waals surface area contributed by atoms with Crippen LogP contribution in [0.4, 0.5) is 0 Å². The standard InChI is InChI=1S/C15H23N3O3S/c1-5-21-13-7-6-12(8-14(13)20-4)9-16-18-15(22)17-11(2)10-19-3/h6-9,11H,5,10H2,1-4H3,(H2,17,18,22)/b16-9-/t11-/m1/s1. The summed E-state index contributed by atoms with van der Waals surface area (Å²) in [4.78, 5) is 0. The van der Waals surface area contributed by atoms with Crippen molar-refractivity contribution >= 4 is 23.5 Å². The molecule has 0 heterocycles. The monoisotopic (exact) mass is 325 g/mol. The second-order valence-corrected chi connectivity index (χ2v) is 4.95. The SMILES string of the molecule is CCOc1ccc(/C=N\NC(=S)N[C@H](C)COC)cc1OC. The summed E-state index contributed by atoms with van der Waals surface area (Å²) >= 11 is 5.13. The Morgan fingerprint density at radius 3 is 2.77 bits per heavy atom. The molecule has 0 saturated carbocycles. The minimum absolute atomic E-state index is 0.116. The Morgan fingerprint density at radius 2 is 2.14 bits per heavy atom. The average molecular weight is 325 g/mol. The zero-order valence-corrected chi connectivity index (χ0v) is 14.2. The van der Waals surface area contributed by atoms with E-state index in [1.54, 1.807) is 20.4 Å². The molecule has 0 saturated heterocycles. The molecule has 6 nitrogen and oxygen atoms in total. The lowest BCUT2D eigenvalue weighted by molar-refractivity contribution is 0.179. The maximum Gasteiger partial charge on any atom is 0.187 e. The molecule has 2 N–H and O–H groups in total. The van der Waals surface area contributed by atoms with Gasteiger partial charge in [0.25, 0.3) is 0 Å². The van der Waals surface area contributed by atoms with Gasteiger partial charge in [0.2, 0.25) is 0 Å². The zero-order valence-electron chi connectivity index (χ0n) is 13.4. The van der Waals surface area contributed by atoms with Crippen LogP contribution in [0.3, 0.4) is 0 Å². The molecule has 0 aliphatic carbocycles. The minimum Gasteiger partial charge on any atom is -0.493 e. The topological polar surface area (TPSA) is 64.1 Å². The number of hydrazone groups is 1. The summed E-state index contributed by atoms with van der Waals surface area (Å²) in [5.74, 6) is 1.38. The predicted octanol–water partition coefficient (Wildman–Crippen LogP) is 1.93. The average Bonchev–Trinajstić information content (AvgIpc) is 2.49. The Labute approximate surface area is 136 Å². The lowest BCUT2D eigenvalue weighted by atomic mass is 10.2. The van der Waals surface area contributed by atoms with E-state index in [-0.39, 0.29) is 6.04 Å². The molecule has 1 aromatic carbocycles. The molecule has 0 amide bonds. The largest absolute Gasteiger partial charge is 0.493 e. The molecule has 0 aliphatic heterocycles. The lowest BCUT2D eigenvalue weighted by Gasteiger charge is -2.13. The van der Waals surface area contributed by atoms with Crippen molar-refractivity contribution in [2.24, 2.45) is 5.10 Å². The van der Waals surface area contributed by atoms with Gasteiger partial charge in [-0.15, -0.1) is 0 Å². The molecule has 7 heteroatoms. The van der Waals surface area contributed by atoms with E-state index in [1.807, 2.05) is 32.0 Å². The van der Waals surface area contributed by atoms with Gasteiger partial charge < -0.3 is 19.5 Å². The molecule has 0 aromatic heterocycles. The highest BCUT2D eigenvalue weighted by Crippen LogP contribution is 2.27. The smallest absolute Gasteiger partial charge is 0.187 e. The zero-order chi connectivity index (χ0) is 16.4. The fourth-order valence-corrected chi connectivity index (χ4v) is 2.01. The van der Waals surface area contributed by atoms with Crippen LogP contribution in [0.5, 0.6) is 11.5 Å². The Hall–Kier alpha value is -1.86. The number of nitrogens with zero attached hydrogens (tertiary/aromatic N) is 1. The third-order valence-corrected chi connectivity index (χ3v) is 2.87. The first-order valence-corrected chi connectivity index (χ1v) is 7.40. The van der Waals surface area contributed by atoms with E-state index in [9.17, 15) is 0 Å². The van der Waals surface area contributed by atoms with Crippen molar-refractivity contribution in [3.8, 4) is 11.5 Å². The first-order chi connectivity index (χ1) is 10.6. The van der Waals surface area contributed by atoms with E-state index in [2.05, 4.69) is 15.8 Å². The molecular weight excluding hydrogens is 302 g/mol. The van der Waals surface area contributed by atoms with Gasteiger partial charge in [-0.05, 0) is 49.8 Å². The van der Waals surface area contributed by atoms with Crippen LogP contribution in [0.1, 0.15) is 19.4 Å². The van der Waals surface area contributed by atoms with Crippen LogP contribution >= 0.6 is 12.2 Å². The van der Waals surface area contributed by atoms with Gasteiger partial charge in [0.05, 0.1) is 26.5 Å². The third-order valence-electron chi connectivity index (χ3n) is 2.66. The highest BCUT2D eigenvalue weighted by atomic mass is 32.1. The first kappa shape index (κ1) is 18.2. The van der Waals surface area contributed by atoms with Gasteiger partial charge in [-0.1, -0.05) is 0 Å². The Morgan fingerprint density at radius 1 is 1.36 bits per heavy atom. The molecule has 0 aliphatic rings. The summed E-state index contributed by atoms with van der Waals surface area (Å²) in [6, 6.07) is 5.70. The number of nitrogens with one attached hydrogen (secondary N) is 2. The fourth-order valence-electron chi connectivity index (χ4n) is 1.75. The second-order valence-electron chi connectivity index (χ2n) is 4.54. The molecule has 0 spiro atoms. The summed E-state index contributed by atoms with van der Waals surface area (Å²) in [6.45, 7) is 5.06. The van der Waals surface area contributed by atoms with E-state index >= 15 is 0 Å². The summed E-state index contributed by atoms with van der Waals surface area (Å²) in [6.07, 6.45) is 1.66. The molecule has 0 bridgehead atoms. The number of rotatable bonds is 8. The number of hydrogen-bond acceptors (Lipinski definition) is 5. The molecule has 0 unspecified atom stereocenters. The highest BCUT2D eigenvalue weighted by molar-refractivity contribution is 7.80. The van der Waals surface area contributed by atoms with E-state index in [0.717, 1.165) is 5.56 Å². The van der Waals surface area contributed by atoms with Crippen molar-refractivity contribution < 1.29 is 14.2 Å². The second kappa shape index (κ2) is 9.97. The van der Waals surface area contributed by atoms with E-state index in [4.69, 9.17) is 26.4 Å². The van der Waals surface area contributed by atoms with Gasteiger partial charge in [-0.25, -0.2) is 0 Å². The normalized spacial score (nSPS) is 12.0. The van der Waals surface area contributed by atoms with Crippen LogP contribution in [0.2, 0.25) is 0 Å². The predicted molar refractivity (Wildman–Crippen MR) is 92.0 cm³/mol. The van der Waals surface area contributed by atoms with Crippen molar-refractivity contribution in [2.75, 3.05) is 27.4 Å². The van der Waals surface area contributed by atoms with Gasteiger partial charge in [-0.2, -0.15) is 5.10 Å². The van der Waals surface area contributed by atoms with Gasteiger partial charge in [0.1, 0.15) is 0 Å². The van der Waals surface area contributed by atoms with E-state index in [0.29, 0.717) is 29.8 Å². The Kier molecular flexibility index (Phi) is 8.24. The maximum atomic E-state index is 5.46. The summed E-state index contributed by atoms with van der Waals surface area (Å²) in [5.41, 5.74) is 3.64. The Balaban J connectivity index is 2.57. The van der Waals surface area contributed by atoms with Crippen LogP contribution in [0, 0.1) is 0 Å². The minimum atomic E-state index is 0.116. The van der Waals surface area contributed by atoms with E-state index in [1.165, 1.54) is 0 Å². The summed E-state index contributed by atoms with van der Waals surface area (Å²) < 4.78 is 15.8. The molecule has 22 heavy (non-hydrogen) atoms. The van der Waals surface area contributed by atoms with Crippen molar-refractivity contribution in [3.05, 3.63) is 23.8 Å². The molecule has 1 atom stereocenters. The molecule has 1 rings (SSSR count). The highest BCUT2D eigenvalue weighted by Gasteiger charge is 2.04. The lowest BCUT2D eigenvalue weighted by Crippen LogP contribution is -2.40. The van der Waals surface area contributed by atoms with Gasteiger partial charge >= 0.3 is 0 Å². The van der Waals surface area contributed by atoms with E-state index < -0.39 is 0 Å². The summed E-state index contributed by atoms with van der Waals surface area (Å²) in [7, 11) is 3.25. The number of thiocarbonyl (C=S) groups is 1. The number of ether oxygens (including phenoxy) is 3. The Bertz CT molecular complexity index is 509. The van der Waals surface area contributed by atoms with Crippen molar-refractivity contribution in [2.45, 2.75) is 19.9 Å². The van der Waals surface area contributed by atoms with Crippen LogP contribution in [0.15, 0.2) is 23.3 Å². The molecule has 1 aromatic rings. The number of benzene rings is 1. The van der Waals surface area contributed by atoms with Crippen molar-refractivity contribution in [1.82, 2.24) is 10.7 Å². The fraction of sp³-hybridized carbons (Fsp3) is 0.467. The summed E-state index contributed by atoms with van der Waals surface area (Å²) in [5, 5.41) is 7.59. The van der Waals surface area contributed by atoms with Crippen LogP contribution in [-0.2, 0) is 4.74 Å². The van der Waals surface area contributed by atoms with Gasteiger partial charge in [0, 0.05) is 13.2 Å². The van der Waals surface area contributed by atoms with Crippen LogP contribution in [-0.4, -0.2) is 44.8 Å². The quantitative estimate of drug-likeness (QED) is 0.433. The first-order valence-electron chi connectivity index (χ1n) is 7.00. The molecule has 122 valence electrons. The molecule has 0 fully saturated rings. The van der Waals surface area contributed by atoms with Gasteiger partial charge in [0.15, 0.2) is 16.6 Å². The molecular formula is C15H23N3O3S. The van der Waals surface area contributed by atoms with Gasteiger partial charge in [-0.3, -0.25) is 5.43 Å².